The molecule has 0 aliphatic rings. The minimum absolute atomic E-state index is 0.0358. The third kappa shape index (κ3) is 4.72. The fourth-order valence-corrected chi connectivity index (χ4v) is 2.70. The molecule has 5 heteroatoms. The molecule has 1 aromatic heterocycles. The summed E-state index contributed by atoms with van der Waals surface area (Å²) in [4.78, 5) is 25.4. The van der Waals surface area contributed by atoms with Crippen LogP contribution in [-0.4, -0.2) is 35.0 Å². The van der Waals surface area contributed by atoms with E-state index in [1.165, 1.54) is 11.3 Å². The van der Waals surface area contributed by atoms with Gasteiger partial charge in [-0.05, 0) is 23.4 Å². The highest BCUT2D eigenvalue weighted by Gasteiger charge is 2.17. The molecule has 1 amide bonds. The summed E-state index contributed by atoms with van der Waals surface area (Å²) in [5.74, 6) is -0.985. The fourth-order valence-electron chi connectivity index (χ4n) is 2.01. The Bertz CT molecular complexity index is 581. The number of carbonyl (C=O) groups excluding carboxylic acids is 1. The summed E-state index contributed by atoms with van der Waals surface area (Å²) in [6.07, 6.45) is 0.684. The normalized spacial score (nSPS) is 10.3. The maximum absolute atomic E-state index is 12.4. The van der Waals surface area contributed by atoms with Gasteiger partial charge in [0.15, 0.2) is 0 Å². The van der Waals surface area contributed by atoms with Crippen molar-refractivity contribution >= 4 is 23.2 Å². The molecule has 21 heavy (non-hydrogen) atoms. The Kier molecular flexibility index (Phi) is 5.51. The fraction of sp³-hybridized carbons (Fsp3) is 0.250. The molecule has 1 aromatic carbocycles. The molecule has 0 atom stereocenters. The number of amides is 1. The summed E-state index contributed by atoms with van der Waals surface area (Å²) in [5, 5.41) is 10.7. The van der Waals surface area contributed by atoms with Crippen LogP contribution < -0.4 is 0 Å². The molecule has 0 unspecified atom stereocenters. The lowest BCUT2D eigenvalue weighted by atomic mass is 10.1. The van der Waals surface area contributed by atoms with Crippen LogP contribution in [0.1, 0.15) is 21.7 Å². The van der Waals surface area contributed by atoms with Gasteiger partial charge < -0.3 is 10.0 Å². The summed E-state index contributed by atoms with van der Waals surface area (Å²) in [6, 6.07) is 13.5. The van der Waals surface area contributed by atoms with E-state index in [1.54, 1.807) is 11.0 Å². The summed E-state index contributed by atoms with van der Waals surface area (Å²) < 4.78 is 0. The highest BCUT2D eigenvalue weighted by molar-refractivity contribution is 7.12. The third-order valence-electron chi connectivity index (χ3n) is 3.13. The van der Waals surface area contributed by atoms with Crippen molar-refractivity contribution < 1.29 is 14.7 Å². The SMILES string of the molecule is O=C(O)CCN(CCc1ccccc1)C(=O)c1cccs1. The molecule has 0 aliphatic carbocycles. The van der Waals surface area contributed by atoms with Crippen LogP contribution >= 0.6 is 11.3 Å². The van der Waals surface area contributed by atoms with Gasteiger partial charge in [-0.3, -0.25) is 9.59 Å². The van der Waals surface area contributed by atoms with E-state index in [0.717, 1.165) is 12.0 Å². The molecule has 0 fully saturated rings. The number of thiophene rings is 1. The van der Waals surface area contributed by atoms with Crippen molar-refractivity contribution in [2.45, 2.75) is 12.8 Å². The molecule has 1 N–H and O–H groups in total. The smallest absolute Gasteiger partial charge is 0.305 e. The highest BCUT2D eigenvalue weighted by atomic mass is 32.1. The van der Waals surface area contributed by atoms with Crippen LogP contribution in [0.3, 0.4) is 0 Å². The van der Waals surface area contributed by atoms with Gasteiger partial charge in [0.1, 0.15) is 0 Å². The average Bonchev–Trinajstić information content (AvgIpc) is 3.02. The Balaban J connectivity index is 2.01. The van der Waals surface area contributed by atoms with E-state index in [-0.39, 0.29) is 18.9 Å². The van der Waals surface area contributed by atoms with Gasteiger partial charge in [-0.1, -0.05) is 36.4 Å². The van der Waals surface area contributed by atoms with Gasteiger partial charge in [-0.25, -0.2) is 0 Å². The van der Waals surface area contributed by atoms with Gasteiger partial charge in [-0.2, -0.15) is 0 Å². The molecule has 0 bridgehead atoms. The average molecular weight is 303 g/mol. The molecular weight excluding hydrogens is 286 g/mol. The van der Waals surface area contributed by atoms with Gasteiger partial charge in [0, 0.05) is 13.1 Å². The highest BCUT2D eigenvalue weighted by Crippen LogP contribution is 2.13. The van der Waals surface area contributed by atoms with Crippen LogP contribution in [0.15, 0.2) is 47.8 Å². The molecule has 110 valence electrons. The van der Waals surface area contributed by atoms with Crippen molar-refractivity contribution in [1.82, 2.24) is 4.90 Å². The first-order valence-corrected chi connectivity index (χ1v) is 7.63. The maximum Gasteiger partial charge on any atom is 0.305 e. The third-order valence-corrected chi connectivity index (χ3v) is 3.99. The second kappa shape index (κ2) is 7.59. The van der Waals surface area contributed by atoms with Crippen LogP contribution in [-0.2, 0) is 11.2 Å². The van der Waals surface area contributed by atoms with E-state index < -0.39 is 5.97 Å². The number of aliphatic carboxylic acids is 1. The quantitative estimate of drug-likeness (QED) is 0.855. The van der Waals surface area contributed by atoms with Crippen LogP contribution in [0.4, 0.5) is 0 Å². The molecule has 0 saturated heterocycles. The van der Waals surface area contributed by atoms with Crippen molar-refractivity contribution in [3.8, 4) is 0 Å². The molecule has 0 aliphatic heterocycles. The lowest BCUT2D eigenvalue weighted by molar-refractivity contribution is -0.137. The topological polar surface area (TPSA) is 57.6 Å². The number of carboxylic acid groups (broad SMARTS) is 1. The van der Waals surface area contributed by atoms with Gasteiger partial charge >= 0.3 is 5.97 Å². The molecule has 1 heterocycles. The van der Waals surface area contributed by atoms with E-state index in [4.69, 9.17) is 5.11 Å². The van der Waals surface area contributed by atoms with E-state index in [0.29, 0.717) is 11.4 Å². The van der Waals surface area contributed by atoms with Crippen LogP contribution in [0.25, 0.3) is 0 Å². The minimum atomic E-state index is -0.890. The lowest BCUT2D eigenvalue weighted by Crippen LogP contribution is -2.34. The van der Waals surface area contributed by atoms with E-state index >= 15 is 0 Å². The van der Waals surface area contributed by atoms with Crippen LogP contribution in [0, 0.1) is 0 Å². The standard InChI is InChI=1S/C16H17NO3S/c18-15(19)9-11-17(16(20)14-7-4-12-21-14)10-8-13-5-2-1-3-6-13/h1-7,12H,8-11H2,(H,18,19). The van der Waals surface area contributed by atoms with E-state index in [1.807, 2.05) is 41.8 Å². The minimum Gasteiger partial charge on any atom is -0.481 e. The lowest BCUT2D eigenvalue weighted by Gasteiger charge is -2.21. The number of rotatable bonds is 7. The molecule has 0 saturated carbocycles. The zero-order valence-corrected chi connectivity index (χ0v) is 12.4. The molecule has 2 aromatic rings. The number of carbonyl (C=O) groups is 2. The maximum atomic E-state index is 12.4. The van der Waals surface area contributed by atoms with Crippen LogP contribution in [0.2, 0.25) is 0 Å². The monoisotopic (exact) mass is 303 g/mol. The number of hydrogen-bond donors (Lipinski definition) is 1. The Morgan fingerprint density at radius 2 is 1.81 bits per heavy atom. The first-order valence-electron chi connectivity index (χ1n) is 6.75. The largest absolute Gasteiger partial charge is 0.481 e. The predicted octanol–water partition coefficient (Wildman–Crippen LogP) is 2.91. The summed E-state index contributed by atoms with van der Waals surface area (Å²) in [6.45, 7) is 0.757. The van der Waals surface area contributed by atoms with Gasteiger partial charge in [0.05, 0.1) is 11.3 Å². The number of carboxylic acids is 1. The molecule has 0 radical (unpaired) electrons. The molecule has 4 nitrogen and oxygen atoms in total. The van der Waals surface area contributed by atoms with Gasteiger partial charge in [-0.15, -0.1) is 11.3 Å². The Labute approximate surface area is 127 Å². The first-order chi connectivity index (χ1) is 10.2. The zero-order valence-electron chi connectivity index (χ0n) is 11.6. The van der Waals surface area contributed by atoms with Gasteiger partial charge in [0.2, 0.25) is 0 Å². The number of nitrogens with zero attached hydrogens (tertiary/aromatic N) is 1. The number of benzene rings is 1. The van der Waals surface area contributed by atoms with Crippen molar-refractivity contribution in [3.63, 3.8) is 0 Å². The van der Waals surface area contributed by atoms with Crippen molar-refractivity contribution in [3.05, 3.63) is 58.3 Å². The summed E-state index contributed by atoms with van der Waals surface area (Å²) in [7, 11) is 0. The van der Waals surface area contributed by atoms with Crippen molar-refractivity contribution in [2.24, 2.45) is 0 Å². The predicted molar refractivity (Wildman–Crippen MR) is 82.6 cm³/mol. The van der Waals surface area contributed by atoms with E-state index in [9.17, 15) is 9.59 Å². The second-order valence-electron chi connectivity index (χ2n) is 4.65. The molecular formula is C16H17NO3S. The Morgan fingerprint density at radius 3 is 2.43 bits per heavy atom. The van der Waals surface area contributed by atoms with Crippen molar-refractivity contribution in [1.29, 1.82) is 0 Å². The number of hydrogen-bond acceptors (Lipinski definition) is 3. The zero-order chi connectivity index (χ0) is 15.1. The first kappa shape index (κ1) is 15.3. The van der Waals surface area contributed by atoms with Gasteiger partial charge in [0.25, 0.3) is 5.91 Å². The molecule has 2 rings (SSSR count). The Hall–Kier alpha value is -2.14. The second-order valence-corrected chi connectivity index (χ2v) is 5.60. The van der Waals surface area contributed by atoms with Crippen LogP contribution in [0.5, 0.6) is 0 Å². The summed E-state index contributed by atoms with van der Waals surface area (Å²) >= 11 is 1.38. The molecule has 0 spiro atoms. The summed E-state index contributed by atoms with van der Waals surface area (Å²) in [5.41, 5.74) is 1.14. The van der Waals surface area contributed by atoms with Crippen molar-refractivity contribution in [2.75, 3.05) is 13.1 Å². The Morgan fingerprint density at radius 1 is 1.05 bits per heavy atom. The van der Waals surface area contributed by atoms with E-state index in [2.05, 4.69) is 0 Å².